The van der Waals surface area contributed by atoms with Crippen molar-refractivity contribution in [3.63, 3.8) is 0 Å². The Labute approximate surface area is 186 Å². The quantitative estimate of drug-likeness (QED) is 0.558. The van der Waals surface area contributed by atoms with Crippen molar-refractivity contribution in [2.45, 2.75) is 45.1 Å². The summed E-state index contributed by atoms with van der Waals surface area (Å²) in [6, 6.07) is 3.41. The maximum absolute atomic E-state index is 11.7. The molecule has 1 saturated heterocycles. The molecule has 0 radical (unpaired) electrons. The number of aromatic nitrogens is 5. The molecule has 7 nitrogen and oxygen atoms in total. The Morgan fingerprint density at radius 3 is 2.74 bits per heavy atom. The average molecular weight is 440 g/mol. The Morgan fingerprint density at radius 2 is 2.00 bits per heavy atom. The maximum Gasteiger partial charge on any atom is 0.250 e. The minimum Gasteiger partial charge on any atom is -0.373 e. The Morgan fingerprint density at radius 1 is 1.23 bits per heavy atom. The summed E-state index contributed by atoms with van der Waals surface area (Å²) in [5, 5.41) is 0. The van der Waals surface area contributed by atoms with Crippen LogP contribution in [-0.4, -0.2) is 37.0 Å². The number of halogens is 1. The van der Waals surface area contributed by atoms with Gasteiger partial charge in [-0.15, -0.1) is 11.6 Å². The first kappa shape index (κ1) is 21.6. The summed E-state index contributed by atoms with van der Waals surface area (Å²) < 4.78 is 7.59. The number of allylic oxidation sites excluding steroid dienone is 1. The second-order valence-corrected chi connectivity index (χ2v) is 8.41. The fourth-order valence-electron chi connectivity index (χ4n) is 3.86. The molecule has 2 atom stereocenters. The van der Waals surface area contributed by atoms with Crippen LogP contribution in [0.15, 0.2) is 29.7 Å². The lowest BCUT2D eigenvalue weighted by molar-refractivity contribution is 0.00362. The largest absolute Gasteiger partial charge is 0.373 e. The lowest BCUT2D eigenvalue weighted by Gasteiger charge is -2.29. The Balaban J connectivity index is 1.74. The second kappa shape index (κ2) is 8.85. The highest BCUT2D eigenvalue weighted by Gasteiger charge is 2.28. The molecule has 1 fully saturated rings. The number of hydrogen-bond acceptors (Lipinski definition) is 6. The van der Waals surface area contributed by atoms with Gasteiger partial charge in [0.25, 0.3) is 0 Å². The van der Waals surface area contributed by atoms with E-state index in [1.165, 1.54) is 0 Å². The Hall–Kier alpha value is -2.64. The van der Waals surface area contributed by atoms with E-state index in [1.54, 1.807) is 17.7 Å². The molecule has 4 heterocycles. The van der Waals surface area contributed by atoms with Crippen LogP contribution in [0.3, 0.4) is 0 Å². The van der Waals surface area contributed by atoms with E-state index >= 15 is 0 Å². The first-order valence-corrected chi connectivity index (χ1v) is 11.0. The molecule has 1 aliphatic heterocycles. The number of fused-ring (bicyclic) bond motifs is 1. The van der Waals surface area contributed by atoms with Gasteiger partial charge in [0, 0.05) is 37.7 Å². The molecule has 0 bridgehead atoms. The van der Waals surface area contributed by atoms with Gasteiger partial charge in [-0.25, -0.2) is 19.9 Å². The van der Waals surface area contributed by atoms with E-state index in [-0.39, 0.29) is 17.6 Å². The van der Waals surface area contributed by atoms with E-state index in [0.29, 0.717) is 30.1 Å². The molecule has 1 aliphatic rings. The van der Waals surface area contributed by atoms with E-state index in [2.05, 4.69) is 11.6 Å². The lowest BCUT2D eigenvalue weighted by Crippen LogP contribution is -2.23. The van der Waals surface area contributed by atoms with Crippen molar-refractivity contribution in [1.82, 2.24) is 24.5 Å². The van der Waals surface area contributed by atoms with Crippen molar-refractivity contribution in [2.75, 3.05) is 12.5 Å². The average Bonchev–Trinajstić information content (AvgIpc) is 2.76. The molecule has 0 N–H and O–H groups in total. The van der Waals surface area contributed by atoms with Crippen LogP contribution in [0, 0.1) is 13.8 Å². The van der Waals surface area contributed by atoms with E-state index in [0.717, 1.165) is 46.9 Å². The number of aryl methyl sites for hydroxylation is 3. The van der Waals surface area contributed by atoms with Crippen molar-refractivity contribution in [2.24, 2.45) is 7.05 Å². The van der Waals surface area contributed by atoms with Crippen molar-refractivity contribution >= 4 is 28.3 Å². The zero-order valence-electron chi connectivity index (χ0n) is 18.1. The van der Waals surface area contributed by atoms with E-state index in [4.69, 9.17) is 31.3 Å². The molecular formula is C23H26ClN5O2. The van der Waals surface area contributed by atoms with Crippen LogP contribution in [0.1, 0.15) is 59.8 Å². The molecule has 0 saturated carbocycles. The monoisotopic (exact) mass is 439 g/mol. The first-order chi connectivity index (χ1) is 14.9. The predicted molar refractivity (Wildman–Crippen MR) is 121 cm³/mol. The van der Waals surface area contributed by atoms with E-state index < -0.39 is 0 Å². The number of nitrogens with zero attached hydrogens (tertiary/aromatic N) is 5. The van der Waals surface area contributed by atoms with Crippen LogP contribution >= 0.6 is 11.6 Å². The molecule has 3 aromatic heterocycles. The molecule has 0 amide bonds. The predicted octanol–water partition coefficient (Wildman–Crippen LogP) is 4.01. The molecule has 0 aliphatic carbocycles. The molecule has 8 heteroatoms. The number of ether oxygens (including phenoxy) is 1. The number of alkyl halides is 1. The summed E-state index contributed by atoms with van der Waals surface area (Å²) >= 11 is 5.97. The molecule has 3 aromatic rings. The summed E-state index contributed by atoms with van der Waals surface area (Å²) in [5.41, 5.74) is 5.45. The highest BCUT2D eigenvalue weighted by molar-refractivity contribution is 6.18. The fourth-order valence-corrected chi connectivity index (χ4v) is 4.09. The van der Waals surface area contributed by atoms with Gasteiger partial charge in [0.05, 0.1) is 23.2 Å². The summed E-state index contributed by atoms with van der Waals surface area (Å²) in [4.78, 5) is 30.8. The summed E-state index contributed by atoms with van der Waals surface area (Å²) in [6.07, 6.45) is 3.87. The summed E-state index contributed by atoms with van der Waals surface area (Å²) in [5.74, 6) is 1.30. The molecule has 2 unspecified atom stereocenters. The first-order valence-electron chi connectivity index (χ1n) is 10.4. The minimum absolute atomic E-state index is 0.0411. The zero-order valence-corrected chi connectivity index (χ0v) is 18.8. The zero-order chi connectivity index (χ0) is 22.1. The number of pyridine rings is 1. The van der Waals surface area contributed by atoms with Crippen LogP contribution in [0.4, 0.5) is 0 Å². The molecule has 31 heavy (non-hydrogen) atoms. The van der Waals surface area contributed by atoms with Crippen molar-refractivity contribution in [3.8, 4) is 0 Å². The van der Waals surface area contributed by atoms with Crippen molar-refractivity contribution in [1.29, 1.82) is 0 Å². The molecule has 0 aromatic carbocycles. The van der Waals surface area contributed by atoms with Gasteiger partial charge in [-0.1, -0.05) is 6.58 Å². The third-order valence-electron chi connectivity index (χ3n) is 5.82. The van der Waals surface area contributed by atoms with E-state index in [9.17, 15) is 4.79 Å². The van der Waals surface area contributed by atoms with Gasteiger partial charge in [-0.3, -0.25) is 4.79 Å². The minimum atomic E-state index is -0.120. The van der Waals surface area contributed by atoms with E-state index in [1.807, 2.05) is 26.1 Å². The third-order valence-corrected chi connectivity index (χ3v) is 6.01. The van der Waals surface area contributed by atoms with Gasteiger partial charge in [-0.05, 0) is 50.3 Å². The second-order valence-electron chi connectivity index (χ2n) is 8.03. The van der Waals surface area contributed by atoms with Crippen molar-refractivity contribution < 1.29 is 4.74 Å². The molecule has 162 valence electrons. The van der Waals surface area contributed by atoms with Crippen LogP contribution in [0.2, 0.25) is 0 Å². The highest BCUT2D eigenvalue weighted by atomic mass is 35.5. The van der Waals surface area contributed by atoms with Gasteiger partial charge in [-0.2, -0.15) is 0 Å². The summed E-state index contributed by atoms with van der Waals surface area (Å²) in [6.45, 7) is 8.64. The van der Waals surface area contributed by atoms with Gasteiger partial charge in [0.15, 0.2) is 5.65 Å². The van der Waals surface area contributed by atoms with Gasteiger partial charge < -0.3 is 9.30 Å². The smallest absolute Gasteiger partial charge is 0.250 e. The van der Waals surface area contributed by atoms with Gasteiger partial charge in [0.2, 0.25) is 5.56 Å². The maximum atomic E-state index is 11.7. The SMILES string of the molecule is C=C(CCCl)c1nc(C2CCOC(c3ccc(=O)n(C)c3)C2)nc2nc(C)c(C)nc12. The normalized spacial score (nSPS) is 19.0. The lowest BCUT2D eigenvalue weighted by atomic mass is 9.91. The van der Waals surface area contributed by atoms with Crippen LogP contribution in [-0.2, 0) is 11.8 Å². The highest BCUT2D eigenvalue weighted by Crippen LogP contribution is 2.37. The third kappa shape index (κ3) is 4.38. The fraction of sp³-hybridized carbons (Fsp3) is 0.435. The number of rotatable bonds is 5. The van der Waals surface area contributed by atoms with Crippen LogP contribution in [0.5, 0.6) is 0 Å². The standard InChI is InChI=1S/C23H26ClN5O2/c1-13(7-9-24)20-21-23(26-15(3)14(2)25-21)28-22(27-20)16-8-10-31-18(11-16)17-5-6-19(30)29(4)12-17/h5-6,12,16,18H,1,7-11H2,2-4H3. The van der Waals surface area contributed by atoms with Gasteiger partial charge in [0.1, 0.15) is 11.3 Å². The van der Waals surface area contributed by atoms with Crippen LogP contribution < -0.4 is 5.56 Å². The Bertz CT molecular complexity index is 1210. The Kier molecular flexibility index (Phi) is 6.16. The van der Waals surface area contributed by atoms with Crippen molar-refractivity contribution in [3.05, 3.63) is 63.7 Å². The van der Waals surface area contributed by atoms with Gasteiger partial charge >= 0.3 is 0 Å². The van der Waals surface area contributed by atoms with Crippen LogP contribution in [0.25, 0.3) is 16.7 Å². The summed E-state index contributed by atoms with van der Waals surface area (Å²) in [7, 11) is 1.75. The molecule has 0 spiro atoms. The molecule has 4 rings (SSSR count). The number of hydrogen-bond donors (Lipinski definition) is 0. The topological polar surface area (TPSA) is 82.8 Å². The molecular weight excluding hydrogens is 414 g/mol.